The van der Waals surface area contributed by atoms with Crippen LogP contribution in [0.25, 0.3) is 0 Å². The van der Waals surface area contributed by atoms with E-state index in [1.807, 2.05) is 0 Å². The Morgan fingerprint density at radius 3 is 2.45 bits per heavy atom. The lowest BCUT2D eigenvalue weighted by molar-refractivity contribution is -0.191. The fraction of sp³-hybridized carbons (Fsp3) is 0.562. The van der Waals surface area contributed by atoms with Crippen LogP contribution in [0, 0.1) is 5.41 Å². The zero-order valence-electron chi connectivity index (χ0n) is 12.2. The normalized spacial score (nSPS) is 26.8. The number of nitrogens with zero attached hydrogens (tertiary/aromatic N) is 1. The van der Waals surface area contributed by atoms with Crippen molar-refractivity contribution in [1.29, 1.82) is 0 Å². The van der Waals surface area contributed by atoms with E-state index >= 15 is 0 Å². The van der Waals surface area contributed by atoms with Crippen LogP contribution in [0.1, 0.15) is 24.8 Å². The number of likely N-dealkylation sites (tertiary alicyclic amines) is 1. The fourth-order valence-corrected chi connectivity index (χ4v) is 3.73. The summed E-state index contributed by atoms with van der Waals surface area (Å²) in [7, 11) is 0. The van der Waals surface area contributed by atoms with E-state index in [4.69, 9.17) is 11.6 Å². The average Bonchev–Trinajstić information content (AvgIpc) is 2.51. The van der Waals surface area contributed by atoms with E-state index in [9.17, 15) is 20.1 Å². The number of hydrogen-bond donors (Lipinski definition) is 3. The summed E-state index contributed by atoms with van der Waals surface area (Å²) in [5.74, 6) is 0.00523. The van der Waals surface area contributed by atoms with Crippen LogP contribution >= 0.6 is 11.6 Å². The molecule has 3 rings (SSSR count). The number of hydrogen-bond acceptors (Lipinski definition) is 4. The lowest BCUT2D eigenvalue weighted by Crippen LogP contribution is -2.61. The van der Waals surface area contributed by atoms with Crippen molar-refractivity contribution < 1.29 is 20.1 Å². The molecular formula is C16H20ClNO4. The van der Waals surface area contributed by atoms with Crippen molar-refractivity contribution in [2.75, 3.05) is 13.1 Å². The SMILES string of the molecule is O=C(Cc1ccc(O)c(Cl)c1)N1CCC2(CC1)[C@H](O)C[C@@H]2O. The Balaban J connectivity index is 1.59. The van der Waals surface area contributed by atoms with E-state index in [0.29, 0.717) is 32.4 Å². The van der Waals surface area contributed by atoms with Crippen LogP contribution < -0.4 is 0 Å². The molecule has 1 saturated heterocycles. The van der Waals surface area contributed by atoms with Gasteiger partial charge in [-0.3, -0.25) is 4.79 Å². The van der Waals surface area contributed by atoms with Crippen LogP contribution in [-0.2, 0) is 11.2 Å². The van der Waals surface area contributed by atoms with Crippen molar-refractivity contribution in [2.45, 2.75) is 37.9 Å². The molecule has 1 heterocycles. The number of aliphatic hydroxyl groups excluding tert-OH is 2. The molecule has 0 bridgehead atoms. The van der Waals surface area contributed by atoms with Crippen LogP contribution in [0.5, 0.6) is 5.75 Å². The Labute approximate surface area is 134 Å². The number of amides is 1. The summed E-state index contributed by atoms with van der Waals surface area (Å²) >= 11 is 5.85. The Kier molecular flexibility index (Phi) is 4.05. The highest BCUT2D eigenvalue weighted by molar-refractivity contribution is 6.32. The number of aromatic hydroxyl groups is 1. The number of aliphatic hydroxyl groups is 2. The van der Waals surface area contributed by atoms with Crippen molar-refractivity contribution >= 4 is 17.5 Å². The largest absolute Gasteiger partial charge is 0.506 e. The van der Waals surface area contributed by atoms with Gasteiger partial charge in [0.2, 0.25) is 5.91 Å². The summed E-state index contributed by atoms with van der Waals surface area (Å²) < 4.78 is 0. The highest BCUT2D eigenvalue weighted by Crippen LogP contribution is 2.49. The first kappa shape index (κ1) is 15.6. The van der Waals surface area contributed by atoms with Gasteiger partial charge in [-0.2, -0.15) is 0 Å². The van der Waals surface area contributed by atoms with Gasteiger partial charge in [0.1, 0.15) is 5.75 Å². The highest BCUT2D eigenvalue weighted by Gasteiger charge is 2.55. The van der Waals surface area contributed by atoms with Gasteiger partial charge in [-0.15, -0.1) is 0 Å². The highest BCUT2D eigenvalue weighted by atomic mass is 35.5. The van der Waals surface area contributed by atoms with E-state index in [2.05, 4.69) is 0 Å². The molecule has 0 unspecified atom stereocenters. The van der Waals surface area contributed by atoms with Crippen molar-refractivity contribution in [3.05, 3.63) is 28.8 Å². The molecule has 1 saturated carbocycles. The second-order valence-corrected chi connectivity index (χ2v) is 6.75. The third-order valence-corrected chi connectivity index (χ3v) is 5.49. The van der Waals surface area contributed by atoms with Crippen molar-refractivity contribution in [3.8, 4) is 5.75 Å². The predicted molar refractivity (Wildman–Crippen MR) is 81.7 cm³/mol. The molecule has 3 N–H and O–H groups in total. The van der Waals surface area contributed by atoms with E-state index in [0.717, 1.165) is 5.56 Å². The second kappa shape index (κ2) is 5.72. The summed E-state index contributed by atoms with van der Waals surface area (Å²) in [6, 6.07) is 4.76. The molecular weight excluding hydrogens is 306 g/mol. The average molecular weight is 326 g/mol. The van der Waals surface area contributed by atoms with Crippen LogP contribution in [-0.4, -0.2) is 51.4 Å². The smallest absolute Gasteiger partial charge is 0.226 e. The lowest BCUT2D eigenvalue weighted by Gasteiger charge is -2.55. The minimum Gasteiger partial charge on any atom is -0.506 e. The molecule has 1 aliphatic carbocycles. The number of phenolic OH excluding ortho intramolecular Hbond substituents is 1. The van der Waals surface area contributed by atoms with E-state index in [1.165, 1.54) is 6.07 Å². The standard InChI is InChI=1S/C16H20ClNO4/c17-11-7-10(1-2-12(11)19)8-15(22)18-5-3-16(4-6-18)13(20)9-14(16)21/h1-2,7,13-14,19-21H,3-6,8-9H2/t13-,14+. The maximum atomic E-state index is 12.3. The third kappa shape index (κ3) is 2.57. The lowest BCUT2D eigenvalue weighted by atomic mass is 9.58. The second-order valence-electron chi connectivity index (χ2n) is 6.34. The first-order valence-electron chi connectivity index (χ1n) is 7.54. The summed E-state index contributed by atoms with van der Waals surface area (Å²) in [6.45, 7) is 1.11. The molecule has 1 aliphatic heterocycles. The van der Waals surface area contributed by atoms with Gasteiger partial charge in [-0.1, -0.05) is 17.7 Å². The zero-order valence-corrected chi connectivity index (χ0v) is 13.0. The maximum Gasteiger partial charge on any atom is 0.226 e. The Morgan fingerprint density at radius 1 is 1.27 bits per heavy atom. The molecule has 0 radical (unpaired) electrons. The molecule has 1 spiro atoms. The molecule has 2 atom stereocenters. The van der Waals surface area contributed by atoms with Gasteiger partial charge in [-0.25, -0.2) is 0 Å². The van der Waals surface area contributed by atoms with Gasteiger partial charge in [0.05, 0.1) is 23.7 Å². The summed E-state index contributed by atoms with van der Waals surface area (Å²) in [5.41, 5.74) is 0.357. The molecule has 120 valence electrons. The van der Waals surface area contributed by atoms with Crippen LogP contribution in [0.4, 0.5) is 0 Å². The molecule has 6 heteroatoms. The van der Waals surface area contributed by atoms with Gasteiger partial charge < -0.3 is 20.2 Å². The number of piperidine rings is 1. The van der Waals surface area contributed by atoms with Gasteiger partial charge in [0, 0.05) is 24.9 Å². The molecule has 0 aromatic heterocycles. The number of carbonyl (C=O) groups is 1. The number of rotatable bonds is 2. The monoisotopic (exact) mass is 325 g/mol. The summed E-state index contributed by atoms with van der Waals surface area (Å²) in [4.78, 5) is 14.1. The minimum absolute atomic E-state index is 0.0000838. The molecule has 2 fully saturated rings. The summed E-state index contributed by atoms with van der Waals surface area (Å²) in [6.07, 6.45) is 1.05. The quantitative estimate of drug-likeness (QED) is 0.766. The van der Waals surface area contributed by atoms with Gasteiger partial charge in [-0.05, 0) is 30.5 Å². The van der Waals surface area contributed by atoms with Gasteiger partial charge in [0.25, 0.3) is 0 Å². The minimum atomic E-state index is -0.448. The fourth-order valence-electron chi connectivity index (χ4n) is 3.53. The first-order chi connectivity index (χ1) is 10.4. The van der Waals surface area contributed by atoms with E-state index in [1.54, 1.807) is 17.0 Å². The van der Waals surface area contributed by atoms with Crippen LogP contribution in [0.2, 0.25) is 5.02 Å². The predicted octanol–water partition coefficient (Wildman–Crippen LogP) is 1.32. The van der Waals surface area contributed by atoms with E-state index in [-0.39, 0.29) is 23.1 Å². The number of phenols is 1. The van der Waals surface area contributed by atoms with Gasteiger partial charge in [0.15, 0.2) is 0 Å². The van der Waals surface area contributed by atoms with Crippen molar-refractivity contribution in [1.82, 2.24) is 4.90 Å². The molecule has 2 aliphatic rings. The number of carbonyl (C=O) groups excluding carboxylic acids is 1. The molecule has 1 aromatic carbocycles. The first-order valence-corrected chi connectivity index (χ1v) is 7.91. The Bertz CT molecular complexity index is 574. The molecule has 22 heavy (non-hydrogen) atoms. The maximum absolute atomic E-state index is 12.3. The molecule has 1 aromatic rings. The number of halogens is 1. The molecule has 5 nitrogen and oxygen atoms in total. The Morgan fingerprint density at radius 2 is 1.91 bits per heavy atom. The van der Waals surface area contributed by atoms with Crippen LogP contribution in [0.15, 0.2) is 18.2 Å². The summed E-state index contributed by atoms with van der Waals surface area (Å²) in [5, 5.41) is 29.4. The van der Waals surface area contributed by atoms with Crippen molar-refractivity contribution in [3.63, 3.8) is 0 Å². The van der Waals surface area contributed by atoms with Crippen LogP contribution in [0.3, 0.4) is 0 Å². The number of benzene rings is 1. The van der Waals surface area contributed by atoms with Gasteiger partial charge >= 0.3 is 0 Å². The molecule has 1 amide bonds. The topological polar surface area (TPSA) is 81.0 Å². The third-order valence-electron chi connectivity index (χ3n) is 5.19. The van der Waals surface area contributed by atoms with Crippen molar-refractivity contribution in [2.24, 2.45) is 5.41 Å². The Hall–Kier alpha value is -1.30. The zero-order chi connectivity index (χ0) is 15.9. The van der Waals surface area contributed by atoms with E-state index < -0.39 is 17.6 Å².